The highest BCUT2D eigenvalue weighted by molar-refractivity contribution is 7.89. The number of nitrogens with one attached hydrogen (secondary N) is 1. The number of hydrogen-bond acceptors (Lipinski definition) is 5. The van der Waals surface area contributed by atoms with Crippen LogP contribution in [-0.4, -0.2) is 36.6 Å². The van der Waals surface area contributed by atoms with E-state index in [4.69, 9.17) is 11.6 Å². The van der Waals surface area contributed by atoms with Gasteiger partial charge >= 0.3 is 0 Å². The van der Waals surface area contributed by atoms with E-state index < -0.39 is 38.0 Å². The van der Waals surface area contributed by atoms with Gasteiger partial charge in [-0.25, -0.2) is 12.8 Å². The SMILES string of the molecule is CC(C)N(C)S(=O)(=O)c1ccc(Cl)c(C(=O)Nc2cc([N+](=O)[O-])ccc2F)c1. The smallest absolute Gasteiger partial charge is 0.271 e. The predicted molar refractivity (Wildman–Crippen MR) is 103 cm³/mol. The van der Waals surface area contributed by atoms with Crippen LogP contribution in [-0.2, 0) is 10.0 Å². The summed E-state index contributed by atoms with van der Waals surface area (Å²) in [6.07, 6.45) is 0. The van der Waals surface area contributed by atoms with Crippen molar-refractivity contribution in [3.05, 3.63) is 62.9 Å². The Morgan fingerprint density at radius 1 is 1.25 bits per heavy atom. The molecule has 0 aliphatic carbocycles. The molecule has 2 aromatic carbocycles. The van der Waals surface area contributed by atoms with Crippen LogP contribution in [0.5, 0.6) is 0 Å². The number of halogens is 2. The quantitative estimate of drug-likeness (QED) is 0.556. The molecule has 0 aliphatic heterocycles. The number of amides is 1. The fraction of sp³-hybridized carbons (Fsp3) is 0.235. The first kappa shape index (κ1) is 21.7. The minimum absolute atomic E-state index is 0.0607. The Hall–Kier alpha value is -2.56. The maximum Gasteiger partial charge on any atom is 0.271 e. The van der Waals surface area contributed by atoms with Gasteiger partial charge in [-0.2, -0.15) is 4.31 Å². The second-order valence-electron chi connectivity index (χ2n) is 6.13. The Balaban J connectivity index is 2.42. The summed E-state index contributed by atoms with van der Waals surface area (Å²) in [4.78, 5) is 22.4. The lowest BCUT2D eigenvalue weighted by atomic mass is 10.2. The Bertz CT molecular complexity index is 1040. The van der Waals surface area contributed by atoms with Gasteiger partial charge in [-0.05, 0) is 38.1 Å². The first-order chi connectivity index (χ1) is 12.9. The maximum atomic E-state index is 13.9. The van der Waals surface area contributed by atoms with Crippen LogP contribution in [0.1, 0.15) is 24.2 Å². The molecule has 0 fully saturated rings. The van der Waals surface area contributed by atoms with E-state index in [1.165, 1.54) is 19.2 Å². The molecule has 11 heteroatoms. The molecule has 0 heterocycles. The Morgan fingerprint density at radius 3 is 2.46 bits per heavy atom. The van der Waals surface area contributed by atoms with Crippen molar-refractivity contribution in [3.63, 3.8) is 0 Å². The first-order valence-electron chi connectivity index (χ1n) is 7.98. The number of nitro groups is 1. The average Bonchev–Trinajstić information content (AvgIpc) is 2.62. The molecule has 0 bridgehead atoms. The van der Waals surface area contributed by atoms with Crippen LogP contribution >= 0.6 is 11.6 Å². The summed E-state index contributed by atoms with van der Waals surface area (Å²) in [6.45, 7) is 3.37. The summed E-state index contributed by atoms with van der Waals surface area (Å²) in [5.74, 6) is -1.80. The zero-order valence-corrected chi connectivity index (χ0v) is 16.7. The minimum Gasteiger partial charge on any atom is -0.319 e. The lowest BCUT2D eigenvalue weighted by Crippen LogP contribution is -2.33. The molecule has 0 atom stereocenters. The number of anilines is 1. The van der Waals surface area contributed by atoms with Gasteiger partial charge in [0.25, 0.3) is 11.6 Å². The lowest BCUT2D eigenvalue weighted by Gasteiger charge is -2.21. The molecule has 1 amide bonds. The van der Waals surface area contributed by atoms with Gasteiger partial charge < -0.3 is 5.32 Å². The lowest BCUT2D eigenvalue weighted by molar-refractivity contribution is -0.384. The number of nitrogens with zero attached hydrogens (tertiary/aromatic N) is 2. The third-order valence-corrected chi connectivity index (χ3v) is 6.35. The second-order valence-corrected chi connectivity index (χ2v) is 8.54. The molecule has 0 unspecified atom stereocenters. The number of hydrogen-bond donors (Lipinski definition) is 1. The molecule has 150 valence electrons. The van der Waals surface area contributed by atoms with Gasteiger partial charge in [0.15, 0.2) is 0 Å². The number of nitro benzene ring substituents is 1. The van der Waals surface area contributed by atoms with Crippen LogP contribution in [0, 0.1) is 15.9 Å². The molecule has 0 aromatic heterocycles. The molecule has 2 rings (SSSR count). The largest absolute Gasteiger partial charge is 0.319 e. The highest BCUT2D eigenvalue weighted by Crippen LogP contribution is 2.26. The Labute approximate surface area is 166 Å². The van der Waals surface area contributed by atoms with Crippen molar-refractivity contribution < 1.29 is 22.5 Å². The molecule has 1 N–H and O–H groups in total. The third-order valence-electron chi connectivity index (χ3n) is 4.00. The van der Waals surface area contributed by atoms with Crippen molar-refractivity contribution in [3.8, 4) is 0 Å². The molecule has 0 saturated carbocycles. The van der Waals surface area contributed by atoms with Gasteiger partial charge in [0.2, 0.25) is 10.0 Å². The monoisotopic (exact) mass is 429 g/mol. The highest BCUT2D eigenvalue weighted by atomic mass is 35.5. The van der Waals surface area contributed by atoms with Gasteiger partial charge in [0, 0.05) is 25.2 Å². The van der Waals surface area contributed by atoms with Gasteiger partial charge in [-0.1, -0.05) is 11.6 Å². The van der Waals surface area contributed by atoms with Crippen LogP contribution in [0.4, 0.5) is 15.8 Å². The molecule has 28 heavy (non-hydrogen) atoms. The van der Waals surface area contributed by atoms with Crippen molar-refractivity contribution >= 4 is 38.9 Å². The normalized spacial score (nSPS) is 11.7. The fourth-order valence-electron chi connectivity index (χ4n) is 2.19. The Kier molecular flexibility index (Phi) is 6.37. The molecular formula is C17H17ClFN3O5S. The summed E-state index contributed by atoms with van der Waals surface area (Å²) < 4.78 is 40.2. The Morgan fingerprint density at radius 2 is 1.89 bits per heavy atom. The van der Waals surface area contributed by atoms with Gasteiger partial charge in [0.1, 0.15) is 5.82 Å². The number of non-ortho nitro benzene ring substituents is 1. The van der Waals surface area contributed by atoms with Crippen molar-refractivity contribution in [1.82, 2.24) is 4.31 Å². The zero-order valence-electron chi connectivity index (χ0n) is 15.1. The van der Waals surface area contributed by atoms with E-state index in [0.29, 0.717) is 0 Å². The minimum atomic E-state index is -3.88. The van der Waals surface area contributed by atoms with Crippen molar-refractivity contribution in [2.24, 2.45) is 0 Å². The van der Waals surface area contributed by atoms with E-state index in [2.05, 4.69) is 5.32 Å². The average molecular weight is 430 g/mol. The topological polar surface area (TPSA) is 110 Å². The van der Waals surface area contributed by atoms with E-state index >= 15 is 0 Å². The van der Waals surface area contributed by atoms with Crippen LogP contribution in [0.3, 0.4) is 0 Å². The summed E-state index contributed by atoms with van der Waals surface area (Å²) in [5.41, 5.74) is -1.06. The number of carbonyl (C=O) groups is 1. The molecule has 0 radical (unpaired) electrons. The van der Waals surface area contributed by atoms with Crippen LogP contribution in [0.15, 0.2) is 41.3 Å². The summed E-state index contributed by atoms with van der Waals surface area (Å²) in [5, 5.41) is 12.9. The van der Waals surface area contributed by atoms with Gasteiger partial charge in [-0.3, -0.25) is 14.9 Å². The second kappa shape index (κ2) is 8.21. The maximum absolute atomic E-state index is 13.9. The highest BCUT2D eigenvalue weighted by Gasteiger charge is 2.25. The predicted octanol–water partition coefficient (Wildman–Crippen LogP) is 3.67. The molecule has 2 aromatic rings. The summed E-state index contributed by atoms with van der Waals surface area (Å²) in [6, 6.07) is 5.88. The van der Waals surface area contributed by atoms with E-state index in [-0.39, 0.29) is 21.5 Å². The molecule has 0 spiro atoms. The number of rotatable bonds is 6. The summed E-state index contributed by atoms with van der Waals surface area (Å²) >= 11 is 6.00. The molecular weight excluding hydrogens is 413 g/mol. The van der Waals surface area contributed by atoms with E-state index in [9.17, 15) is 27.7 Å². The number of sulfonamides is 1. The summed E-state index contributed by atoms with van der Waals surface area (Å²) in [7, 11) is -2.48. The first-order valence-corrected chi connectivity index (χ1v) is 9.80. The third kappa shape index (κ3) is 4.46. The van der Waals surface area contributed by atoms with Crippen molar-refractivity contribution in [2.75, 3.05) is 12.4 Å². The van der Waals surface area contributed by atoms with Crippen LogP contribution in [0.2, 0.25) is 5.02 Å². The fourth-order valence-corrected chi connectivity index (χ4v) is 3.79. The van der Waals surface area contributed by atoms with Crippen molar-refractivity contribution in [1.29, 1.82) is 0 Å². The van der Waals surface area contributed by atoms with Crippen LogP contribution in [0.25, 0.3) is 0 Å². The van der Waals surface area contributed by atoms with Gasteiger partial charge in [-0.15, -0.1) is 0 Å². The van der Waals surface area contributed by atoms with E-state index in [1.54, 1.807) is 13.8 Å². The molecule has 0 saturated heterocycles. The number of carbonyl (C=O) groups excluding carboxylic acids is 1. The number of benzene rings is 2. The van der Waals surface area contributed by atoms with E-state index in [1.807, 2.05) is 0 Å². The van der Waals surface area contributed by atoms with Crippen molar-refractivity contribution in [2.45, 2.75) is 24.8 Å². The van der Waals surface area contributed by atoms with Gasteiger partial charge in [0.05, 0.1) is 26.1 Å². The molecule has 8 nitrogen and oxygen atoms in total. The molecule has 0 aliphatic rings. The standard InChI is InChI=1S/C17H17ClFN3O5S/c1-10(2)21(3)28(26,27)12-5-6-14(18)13(9-12)17(23)20-16-8-11(22(24)25)4-7-15(16)19/h4-10H,1-3H3,(H,20,23). The van der Waals surface area contributed by atoms with Crippen LogP contribution < -0.4 is 5.32 Å². The van der Waals surface area contributed by atoms with E-state index in [0.717, 1.165) is 28.6 Å². The zero-order chi connectivity index (χ0) is 21.2.